The highest BCUT2D eigenvalue weighted by Gasteiger charge is 2.09. The summed E-state index contributed by atoms with van der Waals surface area (Å²) >= 11 is 0. The van der Waals surface area contributed by atoms with Crippen molar-refractivity contribution in [1.82, 2.24) is 10.2 Å². The fourth-order valence-corrected chi connectivity index (χ4v) is 0.988. The second kappa shape index (κ2) is 7.56. The predicted octanol–water partition coefficient (Wildman–Crippen LogP) is 0.358. The van der Waals surface area contributed by atoms with Crippen LogP contribution in [0.15, 0.2) is 0 Å². The molecular formula is C9H17N3O. The number of carbonyl (C=O) groups is 1. The molecule has 0 heterocycles. The fraction of sp³-hybridized carbons (Fsp3) is 0.778. The van der Waals surface area contributed by atoms with Gasteiger partial charge in [-0.25, -0.2) is 0 Å². The molecule has 0 aliphatic heterocycles. The van der Waals surface area contributed by atoms with Crippen molar-refractivity contribution in [3.8, 4) is 6.07 Å². The number of nitrogens with zero attached hydrogens (tertiary/aromatic N) is 2. The first-order chi connectivity index (χ1) is 6.26. The van der Waals surface area contributed by atoms with E-state index in [1.54, 1.807) is 4.90 Å². The van der Waals surface area contributed by atoms with Gasteiger partial charge in [0.05, 0.1) is 19.0 Å². The van der Waals surface area contributed by atoms with Crippen molar-refractivity contribution in [2.45, 2.75) is 20.3 Å². The minimum Gasteiger partial charge on any atom is -0.341 e. The largest absolute Gasteiger partial charge is 0.341 e. The fourth-order valence-electron chi connectivity index (χ4n) is 0.988. The van der Waals surface area contributed by atoms with Gasteiger partial charge in [0.1, 0.15) is 0 Å². The lowest BCUT2D eigenvalue weighted by molar-refractivity contribution is -0.129. The molecule has 0 aliphatic rings. The van der Waals surface area contributed by atoms with Crippen molar-refractivity contribution in [3.63, 3.8) is 0 Å². The summed E-state index contributed by atoms with van der Waals surface area (Å²) in [6.07, 6.45) is 0.408. The number of nitriles is 1. The van der Waals surface area contributed by atoms with E-state index in [2.05, 4.69) is 5.32 Å². The van der Waals surface area contributed by atoms with Gasteiger partial charge in [-0.05, 0) is 13.5 Å². The third kappa shape index (κ3) is 5.21. The number of hydrogen-bond donors (Lipinski definition) is 1. The first-order valence-electron chi connectivity index (χ1n) is 4.61. The molecule has 0 bridgehead atoms. The predicted molar refractivity (Wildman–Crippen MR) is 51.0 cm³/mol. The third-order valence-corrected chi connectivity index (χ3v) is 1.75. The van der Waals surface area contributed by atoms with Crippen LogP contribution >= 0.6 is 0 Å². The highest BCUT2D eigenvalue weighted by Crippen LogP contribution is 1.91. The Labute approximate surface area is 79.5 Å². The van der Waals surface area contributed by atoms with Crippen molar-refractivity contribution < 1.29 is 4.79 Å². The number of nitrogens with one attached hydrogen (secondary N) is 1. The zero-order valence-electron chi connectivity index (χ0n) is 8.34. The van der Waals surface area contributed by atoms with Gasteiger partial charge in [0.15, 0.2) is 0 Å². The molecule has 13 heavy (non-hydrogen) atoms. The van der Waals surface area contributed by atoms with Crippen LogP contribution in [-0.4, -0.2) is 37.0 Å². The highest BCUT2D eigenvalue weighted by atomic mass is 16.2. The van der Waals surface area contributed by atoms with Crippen LogP contribution in [0, 0.1) is 11.3 Å². The summed E-state index contributed by atoms with van der Waals surface area (Å²) in [7, 11) is 0. The van der Waals surface area contributed by atoms with E-state index in [1.807, 2.05) is 19.9 Å². The second-order valence-corrected chi connectivity index (χ2v) is 2.66. The second-order valence-electron chi connectivity index (χ2n) is 2.66. The van der Waals surface area contributed by atoms with Crippen LogP contribution in [0.25, 0.3) is 0 Å². The molecule has 0 saturated carbocycles. The molecule has 0 radical (unpaired) electrons. The van der Waals surface area contributed by atoms with Crippen molar-refractivity contribution >= 4 is 5.91 Å². The van der Waals surface area contributed by atoms with E-state index in [0.29, 0.717) is 26.1 Å². The van der Waals surface area contributed by atoms with Gasteiger partial charge in [-0.15, -0.1) is 0 Å². The maximum Gasteiger partial charge on any atom is 0.236 e. The Hall–Kier alpha value is -1.08. The van der Waals surface area contributed by atoms with Gasteiger partial charge in [0.25, 0.3) is 0 Å². The van der Waals surface area contributed by atoms with Crippen molar-refractivity contribution in [3.05, 3.63) is 0 Å². The van der Waals surface area contributed by atoms with E-state index in [1.165, 1.54) is 0 Å². The molecule has 1 N–H and O–H groups in total. The molecular weight excluding hydrogens is 166 g/mol. The minimum absolute atomic E-state index is 0.0691. The first kappa shape index (κ1) is 11.9. The van der Waals surface area contributed by atoms with Gasteiger partial charge in [0, 0.05) is 13.1 Å². The molecule has 74 valence electrons. The minimum atomic E-state index is 0.0691. The normalized spacial score (nSPS) is 9.31. The molecule has 0 aromatic heterocycles. The molecule has 0 fully saturated rings. The zero-order chi connectivity index (χ0) is 10.1. The smallest absolute Gasteiger partial charge is 0.236 e. The maximum atomic E-state index is 11.4. The summed E-state index contributed by atoms with van der Waals surface area (Å²) < 4.78 is 0. The Balaban J connectivity index is 3.79. The molecule has 0 unspecified atom stereocenters. The topological polar surface area (TPSA) is 56.1 Å². The Bertz CT molecular complexity index is 186. The van der Waals surface area contributed by atoms with Gasteiger partial charge in [0.2, 0.25) is 5.91 Å². The Kier molecular flexibility index (Phi) is 6.93. The molecule has 0 spiro atoms. The van der Waals surface area contributed by atoms with Gasteiger partial charge in [-0.1, -0.05) is 6.92 Å². The van der Waals surface area contributed by atoms with Crippen LogP contribution in [0.5, 0.6) is 0 Å². The number of likely N-dealkylation sites (N-methyl/N-ethyl adjacent to an activating group) is 2. The average Bonchev–Trinajstić information content (AvgIpc) is 2.16. The van der Waals surface area contributed by atoms with Crippen LogP contribution in [0.3, 0.4) is 0 Å². The molecule has 0 aliphatic carbocycles. The van der Waals surface area contributed by atoms with Crippen molar-refractivity contribution in [2.75, 3.05) is 26.2 Å². The van der Waals surface area contributed by atoms with Crippen LogP contribution in [0.2, 0.25) is 0 Å². The van der Waals surface area contributed by atoms with E-state index in [9.17, 15) is 4.79 Å². The molecule has 4 nitrogen and oxygen atoms in total. The SMILES string of the molecule is CCNCC(=O)N(CC)CCC#N. The quantitative estimate of drug-likeness (QED) is 0.646. The van der Waals surface area contributed by atoms with Crippen molar-refractivity contribution in [2.24, 2.45) is 0 Å². The lowest BCUT2D eigenvalue weighted by Crippen LogP contribution is -2.38. The van der Waals surface area contributed by atoms with Crippen molar-refractivity contribution in [1.29, 1.82) is 5.26 Å². The van der Waals surface area contributed by atoms with Crippen LogP contribution in [-0.2, 0) is 4.79 Å². The molecule has 0 atom stereocenters. The highest BCUT2D eigenvalue weighted by molar-refractivity contribution is 5.78. The number of amides is 1. The number of carbonyl (C=O) groups excluding carboxylic acids is 1. The van der Waals surface area contributed by atoms with Gasteiger partial charge >= 0.3 is 0 Å². The summed E-state index contributed by atoms with van der Waals surface area (Å²) in [6.45, 7) is 6.25. The standard InChI is InChI=1S/C9H17N3O/c1-3-11-8-9(13)12(4-2)7-5-6-10/h11H,3-5,7-8H2,1-2H3. The van der Waals surface area contributed by atoms with E-state index < -0.39 is 0 Å². The summed E-state index contributed by atoms with van der Waals surface area (Å²) in [6, 6.07) is 2.03. The Morgan fingerprint density at radius 2 is 2.23 bits per heavy atom. The van der Waals surface area contributed by atoms with Gasteiger partial charge in [-0.3, -0.25) is 4.79 Å². The van der Waals surface area contributed by atoms with E-state index in [-0.39, 0.29) is 5.91 Å². The van der Waals surface area contributed by atoms with E-state index in [4.69, 9.17) is 5.26 Å². The number of hydrogen-bond acceptors (Lipinski definition) is 3. The molecule has 0 aromatic carbocycles. The van der Waals surface area contributed by atoms with Crippen LogP contribution in [0.4, 0.5) is 0 Å². The summed E-state index contributed by atoms with van der Waals surface area (Å²) in [5, 5.41) is 11.3. The maximum absolute atomic E-state index is 11.4. The molecule has 0 rings (SSSR count). The molecule has 4 heteroatoms. The van der Waals surface area contributed by atoms with Crippen LogP contribution in [0.1, 0.15) is 20.3 Å². The van der Waals surface area contributed by atoms with Gasteiger partial charge < -0.3 is 10.2 Å². The van der Waals surface area contributed by atoms with Gasteiger partial charge in [-0.2, -0.15) is 5.26 Å². The molecule has 1 amide bonds. The number of rotatable bonds is 6. The van der Waals surface area contributed by atoms with E-state index >= 15 is 0 Å². The van der Waals surface area contributed by atoms with E-state index in [0.717, 1.165) is 6.54 Å². The Morgan fingerprint density at radius 3 is 2.69 bits per heavy atom. The van der Waals surface area contributed by atoms with Crippen LogP contribution < -0.4 is 5.32 Å². The molecule has 0 aromatic rings. The summed E-state index contributed by atoms with van der Waals surface area (Å²) in [4.78, 5) is 13.1. The first-order valence-corrected chi connectivity index (χ1v) is 4.61. The summed E-state index contributed by atoms with van der Waals surface area (Å²) in [5.74, 6) is 0.0691. The lowest BCUT2D eigenvalue weighted by Gasteiger charge is -2.19. The third-order valence-electron chi connectivity index (χ3n) is 1.75. The summed E-state index contributed by atoms with van der Waals surface area (Å²) in [5.41, 5.74) is 0. The zero-order valence-corrected chi connectivity index (χ0v) is 8.34. The molecule has 0 saturated heterocycles. The lowest BCUT2D eigenvalue weighted by atomic mass is 10.4. The monoisotopic (exact) mass is 183 g/mol. The Morgan fingerprint density at radius 1 is 1.54 bits per heavy atom. The average molecular weight is 183 g/mol.